The van der Waals surface area contributed by atoms with Crippen LogP contribution in [0.2, 0.25) is 0 Å². The molecule has 1 saturated heterocycles. The van der Waals surface area contributed by atoms with Crippen LogP contribution in [0, 0.1) is 0 Å². The molecule has 2 aliphatic rings. The summed E-state index contributed by atoms with van der Waals surface area (Å²) in [6.07, 6.45) is 3.33. The van der Waals surface area contributed by atoms with Crippen LogP contribution in [0.4, 0.5) is 0 Å². The minimum atomic E-state index is -0.338. The number of hydrogen-bond donors (Lipinski definition) is 2. The Balaban J connectivity index is 1.70. The van der Waals surface area contributed by atoms with E-state index >= 15 is 0 Å². The molecule has 18 heavy (non-hydrogen) atoms. The van der Waals surface area contributed by atoms with Crippen LogP contribution in [-0.2, 0) is 13.0 Å². The third-order valence-electron chi connectivity index (χ3n) is 4.13. The molecule has 2 heterocycles. The number of aliphatic hydroxyl groups excluding tert-OH is 1. The Morgan fingerprint density at radius 2 is 2.06 bits per heavy atom. The van der Waals surface area contributed by atoms with E-state index in [1.165, 1.54) is 24.0 Å². The topological polar surface area (TPSA) is 35.5 Å². The van der Waals surface area contributed by atoms with Gasteiger partial charge >= 0.3 is 0 Å². The lowest BCUT2D eigenvalue weighted by molar-refractivity contribution is 0.126. The first-order valence-corrected chi connectivity index (χ1v) is 7.06. The highest BCUT2D eigenvalue weighted by molar-refractivity contribution is 5.34. The van der Waals surface area contributed by atoms with Crippen LogP contribution in [0.3, 0.4) is 0 Å². The van der Waals surface area contributed by atoms with Crippen molar-refractivity contribution in [3.63, 3.8) is 0 Å². The average molecular weight is 246 g/mol. The Labute approximate surface area is 109 Å². The second kappa shape index (κ2) is 5.39. The molecule has 0 saturated carbocycles. The molecule has 0 aliphatic carbocycles. The molecule has 3 rings (SSSR count). The fraction of sp³-hybridized carbons (Fsp3) is 0.600. The van der Waals surface area contributed by atoms with Crippen molar-refractivity contribution >= 4 is 0 Å². The number of fused-ring (bicyclic) bond motifs is 1. The molecule has 0 aromatic heterocycles. The van der Waals surface area contributed by atoms with Crippen molar-refractivity contribution in [2.75, 3.05) is 26.2 Å². The van der Waals surface area contributed by atoms with E-state index in [-0.39, 0.29) is 6.10 Å². The normalized spacial score (nSPS) is 21.8. The van der Waals surface area contributed by atoms with Gasteiger partial charge in [0.2, 0.25) is 0 Å². The SMILES string of the molecule is OC(CN1CCCC1)c1ccc2c(c1)CNCC2. The van der Waals surface area contributed by atoms with Crippen molar-refractivity contribution in [2.45, 2.75) is 31.9 Å². The van der Waals surface area contributed by atoms with Crippen molar-refractivity contribution in [3.8, 4) is 0 Å². The van der Waals surface area contributed by atoms with Crippen molar-refractivity contribution in [2.24, 2.45) is 0 Å². The van der Waals surface area contributed by atoms with E-state index in [2.05, 4.69) is 28.4 Å². The average Bonchev–Trinajstić information content (AvgIpc) is 2.91. The number of nitrogens with zero attached hydrogens (tertiary/aromatic N) is 1. The first kappa shape index (κ1) is 12.2. The lowest BCUT2D eigenvalue weighted by atomic mass is 9.96. The molecule has 1 fully saturated rings. The molecule has 0 radical (unpaired) electrons. The molecule has 3 heteroatoms. The van der Waals surface area contributed by atoms with Crippen molar-refractivity contribution < 1.29 is 5.11 Å². The van der Waals surface area contributed by atoms with Gasteiger partial charge in [-0.2, -0.15) is 0 Å². The van der Waals surface area contributed by atoms with Crippen molar-refractivity contribution in [1.82, 2.24) is 10.2 Å². The molecule has 1 atom stereocenters. The van der Waals surface area contributed by atoms with Gasteiger partial charge in [-0.25, -0.2) is 0 Å². The van der Waals surface area contributed by atoms with Crippen LogP contribution < -0.4 is 5.32 Å². The largest absolute Gasteiger partial charge is 0.387 e. The predicted octanol–water partition coefficient (Wildman–Crippen LogP) is 1.46. The van der Waals surface area contributed by atoms with Gasteiger partial charge in [0.05, 0.1) is 6.10 Å². The van der Waals surface area contributed by atoms with E-state index in [9.17, 15) is 5.11 Å². The summed E-state index contributed by atoms with van der Waals surface area (Å²) >= 11 is 0. The van der Waals surface area contributed by atoms with Gasteiger partial charge in [0, 0.05) is 13.1 Å². The van der Waals surface area contributed by atoms with Gasteiger partial charge in [0.1, 0.15) is 0 Å². The Hall–Kier alpha value is -0.900. The highest BCUT2D eigenvalue weighted by atomic mass is 16.3. The zero-order valence-electron chi connectivity index (χ0n) is 10.9. The summed E-state index contributed by atoms with van der Waals surface area (Å²) in [6.45, 7) is 5.08. The first-order chi connectivity index (χ1) is 8.83. The number of rotatable bonds is 3. The van der Waals surface area contributed by atoms with Crippen LogP contribution in [0.15, 0.2) is 18.2 Å². The van der Waals surface area contributed by atoms with Crippen LogP contribution in [0.5, 0.6) is 0 Å². The molecular formula is C15H22N2O. The van der Waals surface area contributed by atoms with E-state index in [1.54, 1.807) is 0 Å². The van der Waals surface area contributed by atoms with Gasteiger partial charge in [-0.1, -0.05) is 18.2 Å². The van der Waals surface area contributed by atoms with Gasteiger partial charge in [0.25, 0.3) is 0 Å². The Morgan fingerprint density at radius 1 is 1.22 bits per heavy atom. The van der Waals surface area contributed by atoms with Crippen LogP contribution in [0.1, 0.15) is 35.6 Å². The van der Waals surface area contributed by atoms with E-state index in [1.807, 2.05) is 0 Å². The number of nitrogens with one attached hydrogen (secondary N) is 1. The zero-order chi connectivity index (χ0) is 12.4. The van der Waals surface area contributed by atoms with Crippen LogP contribution >= 0.6 is 0 Å². The summed E-state index contributed by atoms with van der Waals surface area (Å²) in [6, 6.07) is 6.48. The number of benzene rings is 1. The zero-order valence-corrected chi connectivity index (χ0v) is 10.9. The number of hydrogen-bond acceptors (Lipinski definition) is 3. The molecule has 0 bridgehead atoms. The minimum Gasteiger partial charge on any atom is -0.387 e. The molecule has 2 N–H and O–H groups in total. The van der Waals surface area contributed by atoms with Crippen molar-refractivity contribution in [3.05, 3.63) is 34.9 Å². The molecule has 1 aromatic rings. The van der Waals surface area contributed by atoms with Gasteiger partial charge in [-0.05, 0) is 55.6 Å². The van der Waals surface area contributed by atoms with E-state index < -0.39 is 0 Å². The molecule has 3 nitrogen and oxygen atoms in total. The highest BCUT2D eigenvalue weighted by Crippen LogP contribution is 2.22. The standard InChI is InChI=1S/C15H22N2O/c18-15(11-17-7-1-2-8-17)13-4-3-12-5-6-16-10-14(12)9-13/h3-4,9,15-16,18H,1-2,5-8,10-11H2. The minimum absolute atomic E-state index is 0.338. The summed E-state index contributed by atoms with van der Waals surface area (Å²) in [5, 5.41) is 13.7. The fourth-order valence-corrected chi connectivity index (χ4v) is 3.02. The second-order valence-electron chi connectivity index (χ2n) is 5.48. The monoisotopic (exact) mass is 246 g/mol. The Kier molecular flexibility index (Phi) is 3.64. The molecular weight excluding hydrogens is 224 g/mol. The summed E-state index contributed by atoms with van der Waals surface area (Å²) < 4.78 is 0. The van der Waals surface area contributed by atoms with E-state index in [0.717, 1.165) is 44.7 Å². The fourth-order valence-electron chi connectivity index (χ4n) is 3.02. The molecule has 2 aliphatic heterocycles. The lowest BCUT2D eigenvalue weighted by Gasteiger charge is -2.22. The summed E-state index contributed by atoms with van der Waals surface area (Å²) in [5.41, 5.74) is 3.87. The number of β-amino-alcohol motifs (C(OH)–C–C–N with tert-alkyl or cyclic N) is 1. The predicted molar refractivity (Wildman–Crippen MR) is 72.5 cm³/mol. The van der Waals surface area contributed by atoms with E-state index in [0.29, 0.717) is 0 Å². The van der Waals surface area contributed by atoms with Gasteiger partial charge in [-0.3, -0.25) is 0 Å². The van der Waals surface area contributed by atoms with Gasteiger partial charge in [0.15, 0.2) is 0 Å². The van der Waals surface area contributed by atoms with Gasteiger partial charge in [-0.15, -0.1) is 0 Å². The summed E-state index contributed by atoms with van der Waals surface area (Å²) in [5.74, 6) is 0. The number of aliphatic hydroxyl groups is 1. The maximum atomic E-state index is 10.3. The maximum Gasteiger partial charge on any atom is 0.0917 e. The van der Waals surface area contributed by atoms with Gasteiger partial charge < -0.3 is 15.3 Å². The first-order valence-electron chi connectivity index (χ1n) is 7.06. The third-order valence-corrected chi connectivity index (χ3v) is 4.13. The molecule has 98 valence electrons. The quantitative estimate of drug-likeness (QED) is 0.847. The maximum absolute atomic E-state index is 10.3. The van der Waals surface area contributed by atoms with Crippen LogP contribution in [-0.4, -0.2) is 36.2 Å². The molecule has 0 spiro atoms. The Morgan fingerprint density at radius 3 is 2.89 bits per heavy atom. The third kappa shape index (κ3) is 2.58. The summed E-state index contributed by atoms with van der Waals surface area (Å²) in [4.78, 5) is 2.36. The molecule has 1 unspecified atom stereocenters. The van der Waals surface area contributed by atoms with Crippen LogP contribution in [0.25, 0.3) is 0 Å². The van der Waals surface area contributed by atoms with E-state index in [4.69, 9.17) is 0 Å². The molecule has 1 aromatic carbocycles. The second-order valence-corrected chi connectivity index (χ2v) is 5.48. The number of likely N-dealkylation sites (tertiary alicyclic amines) is 1. The lowest BCUT2D eigenvalue weighted by Crippen LogP contribution is -2.26. The summed E-state index contributed by atoms with van der Waals surface area (Å²) in [7, 11) is 0. The smallest absolute Gasteiger partial charge is 0.0917 e. The highest BCUT2D eigenvalue weighted by Gasteiger charge is 2.18. The van der Waals surface area contributed by atoms with Crippen molar-refractivity contribution in [1.29, 1.82) is 0 Å². The Bertz CT molecular complexity index is 413. The molecule has 0 amide bonds.